The van der Waals surface area contributed by atoms with Crippen LogP contribution in [0.1, 0.15) is 59.3 Å². The van der Waals surface area contributed by atoms with Crippen molar-refractivity contribution in [3.63, 3.8) is 0 Å². The van der Waals surface area contributed by atoms with Crippen molar-refractivity contribution < 1.29 is 28.8 Å². The number of hydrogen-bond donors (Lipinski definition) is 4. The fourth-order valence-electron chi connectivity index (χ4n) is 5.91. The molecule has 2 aliphatic heterocycles. The number of nitrogens with two attached hydrogens (primary N) is 1. The highest BCUT2D eigenvalue weighted by Gasteiger charge is 2.43. The number of rotatable bonds is 11. The number of piperazine rings is 1. The van der Waals surface area contributed by atoms with Gasteiger partial charge in [0, 0.05) is 45.1 Å². The molecule has 0 spiro atoms. The molecule has 246 valence electrons. The summed E-state index contributed by atoms with van der Waals surface area (Å²) in [4.78, 5) is 90.6. The second-order valence-electron chi connectivity index (χ2n) is 13.1. The molecule has 3 atom stereocenters. The quantitative estimate of drug-likeness (QED) is 0.235. The Bertz CT molecular complexity index is 1260. The first-order valence-corrected chi connectivity index (χ1v) is 15.6. The van der Waals surface area contributed by atoms with E-state index in [2.05, 4.69) is 25.9 Å². The third kappa shape index (κ3) is 8.66. The van der Waals surface area contributed by atoms with Gasteiger partial charge in [0.1, 0.15) is 12.1 Å². The molecule has 45 heavy (non-hydrogen) atoms. The summed E-state index contributed by atoms with van der Waals surface area (Å²) in [6.45, 7) is 7.46. The number of aromatic nitrogens is 2. The normalized spacial score (nSPS) is 20.1. The summed E-state index contributed by atoms with van der Waals surface area (Å²) < 4.78 is 0. The van der Waals surface area contributed by atoms with Gasteiger partial charge in [-0.25, -0.2) is 14.8 Å². The van der Waals surface area contributed by atoms with Crippen LogP contribution in [0.2, 0.25) is 0 Å². The van der Waals surface area contributed by atoms with Gasteiger partial charge in [0.05, 0.1) is 12.6 Å². The molecule has 4 rings (SSSR count). The molecule has 1 aromatic heterocycles. The van der Waals surface area contributed by atoms with Crippen molar-refractivity contribution in [1.82, 2.24) is 35.7 Å². The minimum absolute atomic E-state index is 0.230. The van der Waals surface area contributed by atoms with Gasteiger partial charge in [-0.2, -0.15) is 0 Å². The maximum absolute atomic E-state index is 13.8. The van der Waals surface area contributed by atoms with Gasteiger partial charge in [-0.15, -0.1) is 0 Å². The summed E-state index contributed by atoms with van der Waals surface area (Å²) in [7, 11) is 0. The number of hydrogen-bond acceptors (Lipinski definition) is 9. The lowest BCUT2D eigenvalue weighted by atomic mass is 9.80. The summed E-state index contributed by atoms with van der Waals surface area (Å²) in [6, 6.07) is -1.85. The average molecular weight is 628 g/mol. The van der Waals surface area contributed by atoms with Crippen LogP contribution in [0.15, 0.2) is 18.5 Å². The van der Waals surface area contributed by atoms with Crippen molar-refractivity contribution in [2.75, 3.05) is 44.2 Å². The third-order valence-corrected chi connectivity index (χ3v) is 8.76. The fourth-order valence-corrected chi connectivity index (χ4v) is 5.91. The molecule has 15 heteroatoms. The van der Waals surface area contributed by atoms with E-state index in [1.54, 1.807) is 44.1 Å². The molecule has 1 aliphatic carbocycles. The molecular formula is C30H45N9O6. The van der Waals surface area contributed by atoms with E-state index >= 15 is 0 Å². The third-order valence-electron chi connectivity index (χ3n) is 8.76. The number of carbonyl (C=O) groups excluding carboxylic acids is 6. The van der Waals surface area contributed by atoms with Crippen molar-refractivity contribution >= 4 is 41.4 Å². The van der Waals surface area contributed by atoms with Crippen molar-refractivity contribution in [2.45, 2.75) is 77.4 Å². The van der Waals surface area contributed by atoms with Crippen molar-refractivity contribution in [3.05, 3.63) is 18.5 Å². The van der Waals surface area contributed by atoms with Gasteiger partial charge in [0.2, 0.25) is 29.5 Å². The van der Waals surface area contributed by atoms with E-state index in [0.29, 0.717) is 57.9 Å². The summed E-state index contributed by atoms with van der Waals surface area (Å²) in [5.41, 5.74) is 4.51. The molecule has 3 heterocycles. The lowest BCUT2D eigenvalue weighted by Gasteiger charge is -2.36. The monoisotopic (exact) mass is 627 g/mol. The number of nitrogens with one attached hydrogen (secondary N) is 3. The van der Waals surface area contributed by atoms with E-state index in [9.17, 15) is 28.8 Å². The smallest absolute Gasteiger partial charge is 0.315 e. The van der Waals surface area contributed by atoms with E-state index in [4.69, 9.17) is 5.73 Å². The molecule has 0 bridgehead atoms. The predicted molar refractivity (Wildman–Crippen MR) is 163 cm³/mol. The summed E-state index contributed by atoms with van der Waals surface area (Å²) in [5, 5.41) is 7.97. The highest BCUT2D eigenvalue weighted by molar-refractivity contribution is 6.37. The van der Waals surface area contributed by atoms with Crippen LogP contribution >= 0.6 is 0 Å². The zero-order valence-corrected chi connectivity index (χ0v) is 26.3. The summed E-state index contributed by atoms with van der Waals surface area (Å²) in [5.74, 6) is -2.35. The van der Waals surface area contributed by atoms with Gasteiger partial charge in [-0.05, 0) is 36.7 Å². The van der Waals surface area contributed by atoms with Crippen LogP contribution in [0.4, 0.5) is 10.7 Å². The van der Waals surface area contributed by atoms with Crippen LogP contribution in [-0.4, -0.2) is 113 Å². The van der Waals surface area contributed by atoms with Crippen LogP contribution in [0, 0.1) is 11.3 Å². The first kappa shape index (κ1) is 33.6. The van der Waals surface area contributed by atoms with Gasteiger partial charge in [0.25, 0.3) is 5.91 Å². The number of urea groups is 1. The Morgan fingerprint density at radius 1 is 0.933 bits per heavy atom. The Labute approximate surface area is 263 Å². The lowest BCUT2D eigenvalue weighted by Crippen LogP contribution is -2.60. The molecular weight excluding hydrogens is 582 g/mol. The van der Waals surface area contributed by atoms with E-state index < -0.39 is 53.1 Å². The zero-order valence-electron chi connectivity index (χ0n) is 26.3. The van der Waals surface area contributed by atoms with Crippen LogP contribution in [0.3, 0.4) is 0 Å². The van der Waals surface area contributed by atoms with Crippen LogP contribution in [0.25, 0.3) is 0 Å². The van der Waals surface area contributed by atoms with Gasteiger partial charge in [0.15, 0.2) is 0 Å². The van der Waals surface area contributed by atoms with E-state index in [1.807, 2.05) is 4.90 Å². The number of ketones is 1. The Morgan fingerprint density at radius 3 is 2.18 bits per heavy atom. The van der Waals surface area contributed by atoms with Crippen LogP contribution < -0.4 is 26.6 Å². The summed E-state index contributed by atoms with van der Waals surface area (Å²) in [6.07, 6.45) is 7.46. The molecule has 3 unspecified atom stereocenters. The van der Waals surface area contributed by atoms with Gasteiger partial charge >= 0.3 is 6.03 Å². The molecule has 1 aromatic rings. The molecule has 2 saturated heterocycles. The fraction of sp³-hybridized carbons (Fsp3) is 0.667. The largest absolute Gasteiger partial charge is 0.363 e. The molecule has 5 N–H and O–H groups in total. The Morgan fingerprint density at radius 2 is 1.60 bits per heavy atom. The average Bonchev–Trinajstić information content (AvgIpc) is 3.49. The summed E-state index contributed by atoms with van der Waals surface area (Å²) >= 11 is 0. The van der Waals surface area contributed by atoms with Crippen LogP contribution in [0.5, 0.6) is 0 Å². The molecule has 3 aliphatic rings. The van der Waals surface area contributed by atoms with Crippen LogP contribution in [-0.2, 0) is 24.0 Å². The zero-order chi connectivity index (χ0) is 32.7. The first-order chi connectivity index (χ1) is 21.3. The van der Waals surface area contributed by atoms with Crippen molar-refractivity contribution in [2.24, 2.45) is 17.1 Å². The lowest BCUT2D eigenvalue weighted by molar-refractivity contribution is -0.143. The molecule has 1 saturated carbocycles. The Kier molecular flexibility index (Phi) is 10.9. The van der Waals surface area contributed by atoms with Gasteiger partial charge < -0.3 is 36.4 Å². The standard InChI is InChI=1S/C30H45N9O6/c1-30(2,3)24(36-29(45)34-18-22(40)37-13-15-38(16-14-37)28-32-10-6-11-33-28)27(44)39-12-5-9-21(39)26(43)35-20(23(41)25(31)42)17-19-7-4-8-19/h6,10-11,19-21,24H,4-5,7-9,12-18H2,1-3H3,(H2,31,42)(H,35,43)(H2,34,36,45). The minimum Gasteiger partial charge on any atom is -0.363 e. The number of anilines is 1. The number of Topliss-reactive ketones (excluding diaryl/α,β-unsaturated/α-hetero) is 1. The maximum Gasteiger partial charge on any atom is 0.315 e. The molecule has 6 amide bonds. The molecule has 0 radical (unpaired) electrons. The number of nitrogens with zero attached hydrogens (tertiary/aromatic N) is 5. The van der Waals surface area contributed by atoms with Crippen molar-refractivity contribution in [1.29, 1.82) is 0 Å². The Balaban J connectivity index is 1.31. The van der Waals surface area contributed by atoms with E-state index in [1.165, 1.54) is 4.90 Å². The highest BCUT2D eigenvalue weighted by atomic mass is 16.2. The Hall–Kier alpha value is -4.30. The maximum atomic E-state index is 13.8. The molecule has 3 fully saturated rings. The number of carbonyl (C=O) groups is 6. The molecule has 0 aromatic carbocycles. The van der Waals surface area contributed by atoms with Gasteiger partial charge in [-0.3, -0.25) is 24.0 Å². The van der Waals surface area contributed by atoms with E-state index in [-0.39, 0.29) is 18.4 Å². The predicted octanol–water partition coefficient (Wildman–Crippen LogP) is -0.440. The second-order valence-corrected chi connectivity index (χ2v) is 13.1. The minimum atomic E-state index is -1.11. The first-order valence-electron chi connectivity index (χ1n) is 15.6. The van der Waals surface area contributed by atoms with E-state index in [0.717, 1.165) is 19.3 Å². The number of likely N-dealkylation sites (tertiary alicyclic amines) is 1. The topological polar surface area (TPSA) is 200 Å². The SMILES string of the molecule is CC(C)(C)C(NC(=O)NCC(=O)N1CCN(c2ncccn2)CC1)C(=O)N1CCCC1C(=O)NC(CC1CCC1)C(=O)C(N)=O. The number of amides is 6. The second kappa shape index (κ2) is 14.7. The highest BCUT2D eigenvalue weighted by Crippen LogP contribution is 2.31. The number of primary amides is 1. The van der Waals surface area contributed by atoms with Gasteiger partial charge in [-0.1, -0.05) is 40.0 Å². The molecule has 15 nitrogen and oxygen atoms in total. The van der Waals surface area contributed by atoms with Crippen molar-refractivity contribution in [3.8, 4) is 0 Å².